The van der Waals surface area contributed by atoms with Crippen LogP contribution in [0.4, 0.5) is 5.82 Å². The lowest BCUT2D eigenvalue weighted by atomic mass is 9.96. The summed E-state index contributed by atoms with van der Waals surface area (Å²) in [4.78, 5) is 35.1. The molecule has 7 heteroatoms. The number of aryl methyl sites for hydroxylation is 1. The van der Waals surface area contributed by atoms with Gasteiger partial charge in [-0.3, -0.25) is 14.6 Å². The third kappa shape index (κ3) is 3.95. The van der Waals surface area contributed by atoms with Gasteiger partial charge in [-0.1, -0.05) is 13.3 Å². The molecule has 0 unspecified atom stereocenters. The second-order valence-corrected chi connectivity index (χ2v) is 7.66. The van der Waals surface area contributed by atoms with Gasteiger partial charge in [0.25, 0.3) is 0 Å². The molecule has 3 heterocycles. The Labute approximate surface area is 169 Å². The lowest BCUT2D eigenvalue weighted by Crippen LogP contribution is -2.37. The first-order valence-electron chi connectivity index (χ1n) is 10.2. The number of hydrogen-bond donors (Lipinski definition) is 1. The van der Waals surface area contributed by atoms with Crippen molar-refractivity contribution < 1.29 is 19.4 Å². The highest BCUT2D eigenvalue weighted by molar-refractivity contribution is 6.03. The third-order valence-corrected chi connectivity index (χ3v) is 5.65. The average molecular weight is 395 g/mol. The molecule has 0 aliphatic carbocycles. The second kappa shape index (κ2) is 8.19. The number of unbranched alkanes of at least 4 members (excludes halogenated alkanes) is 1. The number of carboxylic acid groups (broad SMARTS) is 1. The van der Waals surface area contributed by atoms with E-state index in [0.717, 1.165) is 42.0 Å². The van der Waals surface area contributed by atoms with Crippen LogP contribution in [0.5, 0.6) is 5.75 Å². The Morgan fingerprint density at radius 2 is 2.10 bits per heavy atom. The van der Waals surface area contributed by atoms with E-state index in [9.17, 15) is 14.7 Å². The van der Waals surface area contributed by atoms with Crippen molar-refractivity contribution in [2.24, 2.45) is 5.92 Å². The molecule has 4 rings (SSSR count). The van der Waals surface area contributed by atoms with Gasteiger partial charge in [-0.2, -0.15) is 0 Å². The highest BCUT2D eigenvalue weighted by Crippen LogP contribution is 2.35. The maximum atomic E-state index is 12.1. The molecule has 1 N–H and O–H groups in total. The maximum absolute atomic E-state index is 12.1. The Morgan fingerprint density at radius 1 is 1.31 bits per heavy atom. The van der Waals surface area contributed by atoms with Crippen LogP contribution in [0.15, 0.2) is 24.4 Å². The maximum Gasteiger partial charge on any atom is 0.306 e. The Kier molecular flexibility index (Phi) is 5.47. The number of anilines is 1. The van der Waals surface area contributed by atoms with Crippen LogP contribution in [0.25, 0.3) is 11.3 Å². The number of fused-ring (bicyclic) bond motifs is 1. The minimum atomic E-state index is -0.732. The quantitative estimate of drug-likeness (QED) is 0.802. The predicted octanol–water partition coefficient (Wildman–Crippen LogP) is 3.36. The zero-order valence-electron chi connectivity index (χ0n) is 16.6. The van der Waals surface area contributed by atoms with Crippen LogP contribution >= 0.6 is 0 Å². The number of ketones is 1. The lowest BCUT2D eigenvalue weighted by molar-refractivity contribution is -0.142. The van der Waals surface area contributed by atoms with Gasteiger partial charge >= 0.3 is 5.97 Å². The smallest absolute Gasteiger partial charge is 0.306 e. The number of carbonyl (C=O) groups excluding carboxylic acids is 1. The first-order chi connectivity index (χ1) is 14.1. The number of aliphatic carboxylic acids is 1. The molecule has 1 saturated heterocycles. The summed E-state index contributed by atoms with van der Waals surface area (Å²) in [6, 6.07) is 5.54. The Bertz CT molecular complexity index is 936. The Balaban J connectivity index is 1.69. The highest BCUT2D eigenvalue weighted by atomic mass is 16.5. The van der Waals surface area contributed by atoms with Crippen LogP contribution in [0.2, 0.25) is 0 Å². The summed E-state index contributed by atoms with van der Waals surface area (Å²) in [5, 5.41) is 9.29. The van der Waals surface area contributed by atoms with Gasteiger partial charge in [0.2, 0.25) is 5.78 Å². The van der Waals surface area contributed by atoms with Crippen molar-refractivity contribution in [3.63, 3.8) is 0 Å². The van der Waals surface area contributed by atoms with Gasteiger partial charge in [0.1, 0.15) is 11.4 Å². The number of carboxylic acids is 1. The molecule has 0 saturated carbocycles. The zero-order valence-corrected chi connectivity index (χ0v) is 16.6. The van der Waals surface area contributed by atoms with Crippen molar-refractivity contribution in [2.45, 2.75) is 39.0 Å². The molecule has 1 aromatic carbocycles. The summed E-state index contributed by atoms with van der Waals surface area (Å²) in [7, 11) is 0. The van der Waals surface area contributed by atoms with Crippen molar-refractivity contribution in [1.82, 2.24) is 9.97 Å². The van der Waals surface area contributed by atoms with Gasteiger partial charge < -0.3 is 14.7 Å². The lowest BCUT2D eigenvalue weighted by Gasteiger charge is -2.32. The monoisotopic (exact) mass is 395 g/mol. The first-order valence-corrected chi connectivity index (χ1v) is 10.2. The number of Topliss-reactive ketones (excluding diaryl/α,β-unsaturated/α-hetero) is 1. The van der Waals surface area contributed by atoms with E-state index in [1.165, 1.54) is 0 Å². The van der Waals surface area contributed by atoms with Gasteiger partial charge in [0.15, 0.2) is 12.4 Å². The van der Waals surface area contributed by atoms with Gasteiger partial charge in [-0.25, -0.2) is 4.98 Å². The van der Waals surface area contributed by atoms with Crippen LogP contribution in [0.3, 0.4) is 0 Å². The van der Waals surface area contributed by atoms with Gasteiger partial charge in [-0.05, 0) is 43.9 Å². The highest BCUT2D eigenvalue weighted by Gasteiger charge is 2.28. The van der Waals surface area contributed by atoms with Crippen LogP contribution in [-0.2, 0) is 11.2 Å². The molecule has 2 aliphatic rings. The molecule has 29 heavy (non-hydrogen) atoms. The van der Waals surface area contributed by atoms with E-state index < -0.39 is 5.97 Å². The SMILES string of the molecule is CCCCc1cnc(-c2ccc3c(c2)C(=O)CO3)c(N2CCC(C(=O)O)CC2)n1. The van der Waals surface area contributed by atoms with E-state index in [1.807, 2.05) is 24.4 Å². The second-order valence-electron chi connectivity index (χ2n) is 7.66. The van der Waals surface area contributed by atoms with Crippen molar-refractivity contribution in [3.8, 4) is 17.0 Å². The normalized spacial score (nSPS) is 16.6. The number of piperidine rings is 1. The largest absolute Gasteiger partial charge is 0.485 e. The van der Waals surface area contributed by atoms with Crippen LogP contribution < -0.4 is 9.64 Å². The molecule has 0 radical (unpaired) electrons. The molecular formula is C22H25N3O4. The minimum Gasteiger partial charge on any atom is -0.485 e. The molecule has 0 amide bonds. The summed E-state index contributed by atoms with van der Waals surface area (Å²) < 4.78 is 5.39. The Hall–Kier alpha value is -2.96. The number of benzene rings is 1. The van der Waals surface area contributed by atoms with Crippen molar-refractivity contribution in [2.75, 3.05) is 24.6 Å². The number of nitrogens with zero attached hydrogens (tertiary/aromatic N) is 3. The first kappa shape index (κ1) is 19.4. The topological polar surface area (TPSA) is 92.6 Å². The van der Waals surface area contributed by atoms with E-state index in [-0.39, 0.29) is 18.3 Å². The third-order valence-electron chi connectivity index (χ3n) is 5.65. The van der Waals surface area contributed by atoms with E-state index >= 15 is 0 Å². The fraction of sp³-hybridized carbons (Fsp3) is 0.455. The van der Waals surface area contributed by atoms with Crippen molar-refractivity contribution in [1.29, 1.82) is 0 Å². The van der Waals surface area contributed by atoms with Gasteiger partial charge in [0, 0.05) is 24.8 Å². The van der Waals surface area contributed by atoms with Gasteiger partial charge in [0.05, 0.1) is 17.2 Å². The van der Waals surface area contributed by atoms with Crippen LogP contribution in [0.1, 0.15) is 48.7 Å². The molecule has 0 bridgehead atoms. The molecule has 152 valence electrons. The summed E-state index contributed by atoms with van der Waals surface area (Å²) in [6.07, 6.45) is 5.97. The fourth-order valence-electron chi connectivity index (χ4n) is 3.90. The fourth-order valence-corrected chi connectivity index (χ4v) is 3.90. The van der Waals surface area contributed by atoms with Crippen LogP contribution in [-0.4, -0.2) is 46.5 Å². The summed E-state index contributed by atoms with van der Waals surface area (Å²) in [5.74, 6) is 0.313. The summed E-state index contributed by atoms with van der Waals surface area (Å²) >= 11 is 0. The molecule has 0 spiro atoms. The van der Waals surface area contributed by atoms with Gasteiger partial charge in [-0.15, -0.1) is 0 Å². The molecular weight excluding hydrogens is 370 g/mol. The minimum absolute atomic E-state index is 0.0294. The van der Waals surface area contributed by atoms with E-state index in [4.69, 9.17) is 14.7 Å². The van der Waals surface area contributed by atoms with E-state index in [1.54, 1.807) is 0 Å². The average Bonchev–Trinajstić information content (AvgIpc) is 3.12. The summed E-state index contributed by atoms with van der Waals surface area (Å²) in [6.45, 7) is 3.48. The molecule has 7 nitrogen and oxygen atoms in total. The molecule has 2 aromatic rings. The standard InChI is InChI=1S/C22H25N3O4/c1-2-3-4-16-12-23-20(15-5-6-19-17(11-15)18(26)13-29-19)21(24-16)25-9-7-14(8-10-25)22(27)28/h5-6,11-12,14H,2-4,7-10,13H2,1H3,(H,27,28). The molecule has 0 atom stereocenters. The van der Waals surface area contributed by atoms with Crippen molar-refractivity contribution >= 4 is 17.6 Å². The van der Waals surface area contributed by atoms with E-state index in [2.05, 4.69) is 11.8 Å². The molecule has 2 aliphatic heterocycles. The Morgan fingerprint density at radius 3 is 2.83 bits per heavy atom. The molecule has 1 aromatic heterocycles. The number of hydrogen-bond acceptors (Lipinski definition) is 6. The van der Waals surface area contributed by atoms with E-state index in [0.29, 0.717) is 37.2 Å². The number of carbonyl (C=O) groups is 2. The van der Waals surface area contributed by atoms with Crippen molar-refractivity contribution in [3.05, 3.63) is 35.7 Å². The predicted molar refractivity (Wildman–Crippen MR) is 108 cm³/mol. The zero-order chi connectivity index (χ0) is 20.4. The van der Waals surface area contributed by atoms with Crippen LogP contribution in [0, 0.1) is 5.92 Å². The summed E-state index contributed by atoms with van der Waals surface area (Å²) in [5.41, 5.74) is 3.07. The molecule has 1 fully saturated rings. The number of rotatable bonds is 6. The number of ether oxygens (including phenoxy) is 1. The number of aromatic nitrogens is 2.